The second kappa shape index (κ2) is 5.65. The highest BCUT2D eigenvalue weighted by atomic mass is 16.5. The summed E-state index contributed by atoms with van der Waals surface area (Å²) in [7, 11) is 1.56. The van der Waals surface area contributed by atoms with E-state index in [-0.39, 0.29) is 11.9 Å². The number of ether oxygens (including phenoxy) is 2. The Balaban J connectivity index is 1.73. The highest BCUT2D eigenvalue weighted by Crippen LogP contribution is 2.47. The average molecular weight is 308 g/mol. The molecule has 1 saturated carbocycles. The van der Waals surface area contributed by atoms with E-state index in [1.165, 1.54) is 30.4 Å². The van der Waals surface area contributed by atoms with E-state index in [0.717, 1.165) is 17.7 Å². The van der Waals surface area contributed by atoms with Crippen LogP contribution in [-0.4, -0.2) is 12.2 Å². The molecule has 1 fully saturated rings. The van der Waals surface area contributed by atoms with E-state index in [2.05, 4.69) is 12.1 Å². The van der Waals surface area contributed by atoms with E-state index in [9.17, 15) is 5.11 Å². The fourth-order valence-corrected chi connectivity index (χ4v) is 3.39. The van der Waals surface area contributed by atoms with Gasteiger partial charge in [-0.05, 0) is 48.6 Å². The molecule has 0 saturated heterocycles. The Kier molecular flexibility index (Phi) is 3.49. The normalized spacial score (nSPS) is 19.6. The lowest BCUT2D eigenvalue weighted by molar-refractivity contribution is 0.201. The predicted molar refractivity (Wildman–Crippen MR) is 89.9 cm³/mol. The second-order valence-electron chi connectivity index (χ2n) is 6.17. The maximum Gasteiger partial charge on any atom is 0.160 e. The number of hydrogen-bond acceptors (Lipinski definition) is 3. The number of methoxy groups -OCH3 is 1. The van der Waals surface area contributed by atoms with Gasteiger partial charge in [0.1, 0.15) is 11.9 Å². The number of allylic oxidation sites excluding steroid dienone is 1. The van der Waals surface area contributed by atoms with Crippen LogP contribution >= 0.6 is 0 Å². The molecule has 23 heavy (non-hydrogen) atoms. The van der Waals surface area contributed by atoms with Crippen LogP contribution in [0.2, 0.25) is 0 Å². The first kappa shape index (κ1) is 14.2. The van der Waals surface area contributed by atoms with Crippen molar-refractivity contribution in [2.24, 2.45) is 0 Å². The molecule has 4 rings (SSSR count). The highest BCUT2D eigenvalue weighted by Gasteiger charge is 2.28. The maximum absolute atomic E-state index is 10.1. The third kappa shape index (κ3) is 2.46. The van der Waals surface area contributed by atoms with Crippen LogP contribution in [0.4, 0.5) is 0 Å². The van der Waals surface area contributed by atoms with Gasteiger partial charge in [-0.3, -0.25) is 0 Å². The second-order valence-corrected chi connectivity index (χ2v) is 6.17. The summed E-state index contributed by atoms with van der Waals surface area (Å²) in [6.07, 6.45) is 4.48. The van der Waals surface area contributed by atoms with Crippen molar-refractivity contribution in [2.75, 3.05) is 7.11 Å². The zero-order chi connectivity index (χ0) is 15.8. The Morgan fingerprint density at radius 2 is 1.96 bits per heavy atom. The number of phenolic OH excluding ortho intramolecular Hbond substituents is 1. The molecule has 3 nitrogen and oxygen atoms in total. The van der Waals surface area contributed by atoms with Gasteiger partial charge in [0.15, 0.2) is 11.5 Å². The van der Waals surface area contributed by atoms with E-state index in [0.29, 0.717) is 5.75 Å². The van der Waals surface area contributed by atoms with Crippen molar-refractivity contribution in [3.8, 4) is 17.2 Å². The summed E-state index contributed by atoms with van der Waals surface area (Å²) in [5, 5.41) is 10.1. The largest absolute Gasteiger partial charge is 0.504 e. The molecule has 0 bridgehead atoms. The van der Waals surface area contributed by atoms with Gasteiger partial charge in [0, 0.05) is 12.0 Å². The minimum absolute atomic E-state index is 0.0650. The molecular formula is C20H20O3. The number of aromatic hydroxyl groups is 1. The van der Waals surface area contributed by atoms with Crippen LogP contribution in [0.15, 0.2) is 48.0 Å². The molecular weight excluding hydrogens is 288 g/mol. The van der Waals surface area contributed by atoms with E-state index < -0.39 is 0 Å². The lowest BCUT2D eigenvalue weighted by Gasteiger charge is -2.32. The summed E-state index contributed by atoms with van der Waals surface area (Å²) in [5.74, 6) is 1.58. The number of hydrogen-bond donors (Lipinski definition) is 1. The van der Waals surface area contributed by atoms with Crippen molar-refractivity contribution >= 4 is 5.57 Å². The fourth-order valence-electron chi connectivity index (χ4n) is 3.39. The maximum atomic E-state index is 10.1. The number of phenols is 1. The molecule has 1 heterocycles. The van der Waals surface area contributed by atoms with E-state index in [1.807, 2.05) is 18.2 Å². The van der Waals surface area contributed by atoms with Gasteiger partial charge >= 0.3 is 0 Å². The van der Waals surface area contributed by atoms with Crippen LogP contribution in [0.25, 0.3) is 5.57 Å². The summed E-state index contributed by atoms with van der Waals surface area (Å²) in [6, 6.07) is 13.8. The Morgan fingerprint density at radius 3 is 2.65 bits per heavy atom. The van der Waals surface area contributed by atoms with Crippen molar-refractivity contribution in [1.29, 1.82) is 0 Å². The van der Waals surface area contributed by atoms with Crippen LogP contribution in [0.1, 0.15) is 42.9 Å². The summed E-state index contributed by atoms with van der Waals surface area (Å²) >= 11 is 0. The molecule has 0 aromatic heterocycles. The molecule has 2 aromatic carbocycles. The molecule has 0 amide bonds. The Bertz CT molecular complexity index is 770. The zero-order valence-corrected chi connectivity index (χ0v) is 13.2. The summed E-state index contributed by atoms with van der Waals surface area (Å²) < 4.78 is 11.3. The minimum atomic E-state index is -0.0650. The topological polar surface area (TPSA) is 38.7 Å². The molecule has 2 aliphatic rings. The van der Waals surface area contributed by atoms with Crippen molar-refractivity contribution < 1.29 is 14.6 Å². The number of benzene rings is 2. The molecule has 1 aliphatic heterocycles. The Morgan fingerprint density at radius 1 is 1.13 bits per heavy atom. The Labute approximate surface area is 136 Å². The first-order valence-corrected chi connectivity index (χ1v) is 8.10. The monoisotopic (exact) mass is 308 g/mol. The third-order valence-corrected chi connectivity index (χ3v) is 4.83. The predicted octanol–water partition coefficient (Wildman–Crippen LogP) is 4.86. The number of rotatable bonds is 2. The van der Waals surface area contributed by atoms with Crippen LogP contribution in [-0.2, 0) is 0 Å². The molecule has 3 heteroatoms. The van der Waals surface area contributed by atoms with Gasteiger partial charge in [-0.2, -0.15) is 0 Å². The van der Waals surface area contributed by atoms with Crippen LogP contribution in [0.3, 0.4) is 0 Å². The van der Waals surface area contributed by atoms with Gasteiger partial charge in [-0.25, -0.2) is 0 Å². The van der Waals surface area contributed by atoms with Gasteiger partial charge < -0.3 is 14.6 Å². The average Bonchev–Trinajstić information content (AvgIpc) is 2.53. The van der Waals surface area contributed by atoms with Crippen LogP contribution in [0.5, 0.6) is 17.2 Å². The van der Waals surface area contributed by atoms with Gasteiger partial charge in [0.05, 0.1) is 7.11 Å². The third-order valence-electron chi connectivity index (χ3n) is 4.83. The smallest absolute Gasteiger partial charge is 0.160 e. The first-order chi connectivity index (χ1) is 11.3. The van der Waals surface area contributed by atoms with Gasteiger partial charge in [-0.15, -0.1) is 0 Å². The molecule has 0 spiro atoms. The number of para-hydroxylation sites is 1. The molecule has 1 aliphatic carbocycles. The summed E-state index contributed by atoms with van der Waals surface area (Å²) in [4.78, 5) is 0. The van der Waals surface area contributed by atoms with Crippen molar-refractivity contribution in [2.45, 2.75) is 31.8 Å². The standard InChI is InChI=1S/C20H20O3/c1-22-19-10-9-14(11-17(19)21)20-12-16(13-5-4-6-13)15-7-2-3-8-18(15)23-20/h2-3,7-11,20-21H,4-6,12H2,1H3. The minimum Gasteiger partial charge on any atom is -0.504 e. The van der Waals surface area contributed by atoms with Gasteiger partial charge in [0.2, 0.25) is 0 Å². The van der Waals surface area contributed by atoms with Crippen molar-refractivity contribution in [3.63, 3.8) is 0 Å². The Hall–Kier alpha value is -2.42. The molecule has 1 unspecified atom stereocenters. The molecule has 0 radical (unpaired) electrons. The SMILES string of the molecule is COc1ccc(C2CC(=C3CCC3)c3ccccc3O2)cc1O. The number of fused-ring (bicyclic) bond motifs is 1. The lowest BCUT2D eigenvalue weighted by atomic mass is 9.81. The van der Waals surface area contributed by atoms with E-state index in [4.69, 9.17) is 9.47 Å². The molecule has 1 N–H and O–H groups in total. The summed E-state index contributed by atoms with van der Waals surface area (Å²) in [6.45, 7) is 0. The van der Waals surface area contributed by atoms with Crippen LogP contribution in [0, 0.1) is 0 Å². The fraction of sp³-hybridized carbons (Fsp3) is 0.300. The van der Waals surface area contributed by atoms with Crippen LogP contribution < -0.4 is 9.47 Å². The van der Waals surface area contributed by atoms with Crippen molar-refractivity contribution in [1.82, 2.24) is 0 Å². The highest BCUT2D eigenvalue weighted by molar-refractivity contribution is 5.76. The quantitative estimate of drug-likeness (QED) is 0.861. The zero-order valence-electron chi connectivity index (χ0n) is 13.2. The van der Waals surface area contributed by atoms with E-state index in [1.54, 1.807) is 24.8 Å². The molecule has 2 aromatic rings. The lowest BCUT2D eigenvalue weighted by Crippen LogP contribution is -2.17. The summed E-state index contributed by atoms with van der Waals surface area (Å²) in [5.41, 5.74) is 5.20. The molecule has 1 atom stereocenters. The van der Waals surface area contributed by atoms with Crippen molar-refractivity contribution in [3.05, 3.63) is 59.2 Å². The van der Waals surface area contributed by atoms with Gasteiger partial charge in [0.25, 0.3) is 0 Å². The van der Waals surface area contributed by atoms with E-state index >= 15 is 0 Å². The van der Waals surface area contributed by atoms with Gasteiger partial charge in [-0.1, -0.05) is 29.8 Å². The first-order valence-electron chi connectivity index (χ1n) is 8.10. The molecule has 118 valence electrons.